The number of hydrogen-bond acceptors (Lipinski definition) is 15. The van der Waals surface area contributed by atoms with E-state index in [0.717, 1.165) is 116 Å². The van der Waals surface area contributed by atoms with E-state index >= 15 is 0 Å². The van der Waals surface area contributed by atoms with Gasteiger partial charge in [0.05, 0.1) is 32.8 Å². The van der Waals surface area contributed by atoms with E-state index in [1.54, 1.807) is 12.2 Å². The van der Waals surface area contributed by atoms with Crippen LogP contribution in [0.1, 0.15) is 246 Å². The van der Waals surface area contributed by atoms with Gasteiger partial charge < -0.3 is 33.8 Å². The molecule has 104 heavy (non-hydrogen) atoms. The molecule has 0 fully saturated rings. The number of phosphoric acid groups is 2. The Bertz CT molecular complexity index is 2790. The Hall–Kier alpha value is -6.36. The molecule has 0 spiro atoms. The second-order valence-electron chi connectivity index (χ2n) is 24.5. The van der Waals surface area contributed by atoms with E-state index in [4.69, 9.17) is 37.0 Å². The van der Waals surface area contributed by atoms with E-state index < -0.39 is 97.5 Å². The fourth-order valence-electron chi connectivity index (χ4n) is 9.11. The van der Waals surface area contributed by atoms with Crippen molar-refractivity contribution in [3.63, 3.8) is 0 Å². The standard InChI is InChI=1S/C85H132O17P2/c1-5-9-13-17-21-25-29-32-35-37-39-41-44-46-50-53-57-61-65-69-82(87)95-75-80(101-84(89)71-67-63-59-55-49-28-24-20-16-12-8-4)77-99-103(91,92)97-73-79(86)74-98-104(93,94)100-78-81(102-85(90)72-68-64-60-56-52-48-43-34-31-27-23-19-15-11-7-3)76-96-83(88)70-66-62-58-54-51-47-45-42-40-38-36-33-30-26-22-18-14-10-6-2/h9-11,13-15,21-23,25-27,32-36,39-43,46-47,50-52,56-58,61-62,64,68,79-81,86H,5-8,12,16-20,24,28-31,37-38,44-45,48-49,53-55,59-60,63,65-67,69-78H2,1-4H3,(H,91,92)(H,93,94)/b13-9-,14-10-,15-11-,25-21-,26-22-,27-23-,35-32-,36-33-,41-39-,42-40-,43-34-,50-46-,51-47-,56-52-,61-57-,62-58-,68-64-. The summed E-state index contributed by atoms with van der Waals surface area (Å²) in [6, 6.07) is 0. The number of esters is 4. The van der Waals surface area contributed by atoms with Gasteiger partial charge in [0.25, 0.3) is 0 Å². The van der Waals surface area contributed by atoms with E-state index in [2.05, 4.69) is 174 Å². The molecule has 0 aliphatic carbocycles. The van der Waals surface area contributed by atoms with E-state index in [1.165, 1.54) is 38.5 Å². The quantitative estimate of drug-likeness (QED) is 0.0169. The van der Waals surface area contributed by atoms with Crippen LogP contribution in [0.5, 0.6) is 0 Å². The first kappa shape index (κ1) is 97.6. The number of aliphatic hydroxyl groups excluding tert-OH is 1. The van der Waals surface area contributed by atoms with Crippen LogP contribution in [0.15, 0.2) is 207 Å². The van der Waals surface area contributed by atoms with Gasteiger partial charge in [-0.25, -0.2) is 9.13 Å². The highest BCUT2D eigenvalue weighted by molar-refractivity contribution is 7.47. The predicted molar refractivity (Wildman–Crippen MR) is 426 cm³/mol. The van der Waals surface area contributed by atoms with Crippen LogP contribution in [0.3, 0.4) is 0 Å². The highest BCUT2D eigenvalue weighted by Gasteiger charge is 2.30. The van der Waals surface area contributed by atoms with E-state index in [9.17, 15) is 43.2 Å². The lowest BCUT2D eigenvalue weighted by atomic mass is 10.1. The topological polar surface area (TPSA) is 237 Å². The van der Waals surface area contributed by atoms with Crippen molar-refractivity contribution in [3.8, 4) is 0 Å². The van der Waals surface area contributed by atoms with Crippen molar-refractivity contribution in [1.29, 1.82) is 0 Å². The van der Waals surface area contributed by atoms with Crippen molar-refractivity contribution >= 4 is 39.5 Å². The van der Waals surface area contributed by atoms with Gasteiger partial charge in [-0.3, -0.25) is 37.3 Å². The molecule has 0 saturated carbocycles. The Morgan fingerprint density at radius 1 is 0.288 bits per heavy atom. The number of aliphatic hydroxyl groups is 1. The van der Waals surface area contributed by atoms with Gasteiger partial charge >= 0.3 is 39.5 Å². The lowest BCUT2D eigenvalue weighted by molar-refractivity contribution is -0.161. The molecule has 0 aliphatic heterocycles. The van der Waals surface area contributed by atoms with Crippen LogP contribution in [-0.4, -0.2) is 96.7 Å². The molecule has 0 amide bonds. The number of allylic oxidation sites excluding steroid dienone is 33. The number of carbonyl (C=O) groups is 4. The highest BCUT2D eigenvalue weighted by Crippen LogP contribution is 2.45. The first-order chi connectivity index (χ1) is 50.7. The van der Waals surface area contributed by atoms with E-state index in [1.807, 2.05) is 48.6 Å². The van der Waals surface area contributed by atoms with Gasteiger partial charge in [0.15, 0.2) is 12.2 Å². The third-order valence-corrected chi connectivity index (χ3v) is 16.7. The summed E-state index contributed by atoms with van der Waals surface area (Å²) in [4.78, 5) is 72.7. The van der Waals surface area contributed by atoms with E-state index in [0.29, 0.717) is 38.5 Å². The van der Waals surface area contributed by atoms with E-state index in [-0.39, 0.29) is 25.7 Å². The molecular formula is C85H132O17P2. The molecule has 3 N–H and O–H groups in total. The molecule has 0 rings (SSSR count). The molecule has 0 aromatic heterocycles. The summed E-state index contributed by atoms with van der Waals surface area (Å²) in [7, 11) is -10.0. The van der Waals surface area contributed by atoms with Crippen molar-refractivity contribution in [2.75, 3.05) is 39.6 Å². The minimum Gasteiger partial charge on any atom is -0.462 e. The summed E-state index contributed by atoms with van der Waals surface area (Å²) in [6.07, 6.45) is 93.2. The van der Waals surface area contributed by atoms with Crippen LogP contribution in [0.4, 0.5) is 0 Å². The van der Waals surface area contributed by atoms with Gasteiger partial charge in [-0.15, -0.1) is 0 Å². The molecule has 584 valence electrons. The molecule has 0 aromatic carbocycles. The Kier molecular flexibility index (Phi) is 70.3. The summed E-state index contributed by atoms with van der Waals surface area (Å²) in [5.74, 6) is -2.55. The number of phosphoric ester groups is 2. The third-order valence-electron chi connectivity index (χ3n) is 14.8. The zero-order valence-corrected chi connectivity index (χ0v) is 65.4. The maximum absolute atomic E-state index is 13.1. The molecule has 5 unspecified atom stereocenters. The molecule has 0 aliphatic rings. The van der Waals surface area contributed by atoms with Crippen LogP contribution in [-0.2, 0) is 65.4 Å². The van der Waals surface area contributed by atoms with Crippen molar-refractivity contribution < 1.29 is 80.2 Å². The van der Waals surface area contributed by atoms with Crippen LogP contribution in [0, 0.1) is 0 Å². The zero-order valence-electron chi connectivity index (χ0n) is 63.6. The Morgan fingerprint density at radius 3 is 0.837 bits per heavy atom. The molecule has 17 nitrogen and oxygen atoms in total. The van der Waals surface area contributed by atoms with Gasteiger partial charge in [0.2, 0.25) is 0 Å². The van der Waals surface area contributed by atoms with Gasteiger partial charge in [-0.2, -0.15) is 0 Å². The third kappa shape index (κ3) is 73.9. The summed E-state index contributed by atoms with van der Waals surface area (Å²) in [5.41, 5.74) is 0. The maximum atomic E-state index is 13.1. The minimum absolute atomic E-state index is 0.00685. The van der Waals surface area contributed by atoms with Crippen LogP contribution in [0.25, 0.3) is 0 Å². The van der Waals surface area contributed by atoms with Crippen LogP contribution in [0.2, 0.25) is 0 Å². The molecule has 0 aromatic rings. The predicted octanol–water partition coefficient (Wildman–Crippen LogP) is 22.3. The van der Waals surface area contributed by atoms with Crippen molar-refractivity contribution in [1.82, 2.24) is 0 Å². The van der Waals surface area contributed by atoms with Gasteiger partial charge in [-0.05, 0) is 128 Å². The second-order valence-corrected chi connectivity index (χ2v) is 27.4. The molecule has 0 bridgehead atoms. The number of ether oxygens (including phenoxy) is 4. The number of hydrogen-bond donors (Lipinski definition) is 3. The summed E-state index contributed by atoms with van der Waals surface area (Å²) in [6.45, 7) is 4.18. The monoisotopic (exact) mass is 1490 g/mol. The van der Waals surface area contributed by atoms with Crippen molar-refractivity contribution in [2.24, 2.45) is 0 Å². The summed E-state index contributed by atoms with van der Waals surface area (Å²) < 4.78 is 68.1. The zero-order chi connectivity index (χ0) is 76.0. The van der Waals surface area contributed by atoms with Gasteiger partial charge in [0.1, 0.15) is 19.3 Å². The first-order valence-corrected chi connectivity index (χ1v) is 41.3. The van der Waals surface area contributed by atoms with Crippen LogP contribution < -0.4 is 0 Å². The first-order valence-electron chi connectivity index (χ1n) is 38.3. The molecule has 5 atom stereocenters. The SMILES string of the molecule is CC/C=C\C/C=C\C/C=C\C/C=C\C/C=C\C/C=C\CCC(=O)OCC(COP(=O)(O)OCC(O)COP(=O)(O)OCC(COC(=O)CC/C=C\C/C=C\C/C=C\C/C=C\C/C=C\C/C=C\CC)OC(=O)CCCCCCCCCCCCC)OC(=O)C/C=C\C/C=C\C/C=C\C/C=C\C/C=C\CC. The lowest BCUT2D eigenvalue weighted by Gasteiger charge is -2.21. The number of rotatable bonds is 69. The fraction of sp³-hybridized carbons (Fsp3) is 0.553. The molecule has 0 heterocycles. The smallest absolute Gasteiger partial charge is 0.462 e. The van der Waals surface area contributed by atoms with Crippen molar-refractivity contribution in [2.45, 2.75) is 264 Å². The van der Waals surface area contributed by atoms with Crippen molar-refractivity contribution in [3.05, 3.63) is 207 Å². The minimum atomic E-state index is -5.03. The molecule has 0 radical (unpaired) electrons. The average Bonchev–Trinajstić information content (AvgIpc) is 0.929. The highest BCUT2D eigenvalue weighted by atomic mass is 31.2. The normalized spacial score (nSPS) is 15.0. The lowest BCUT2D eigenvalue weighted by Crippen LogP contribution is -2.30. The molecular weight excluding hydrogens is 1350 g/mol. The Morgan fingerprint density at radius 2 is 0.538 bits per heavy atom. The molecule has 0 saturated heterocycles. The molecule has 19 heteroatoms. The Balaban J connectivity index is 5.54. The summed E-state index contributed by atoms with van der Waals surface area (Å²) >= 11 is 0. The largest absolute Gasteiger partial charge is 0.472 e. The number of unbranched alkanes of at least 4 members (excludes halogenated alkanes) is 10. The maximum Gasteiger partial charge on any atom is 0.472 e. The van der Waals surface area contributed by atoms with Gasteiger partial charge in [-0.1, -0.05) is 298 Å². The average molecular weight is 1490 g/mol. The summed E-state index contributed by atoms with van der Waals surface area (Å²) in [5, 5.41) is 10.6. The van der Waals surface area contributed by atoms with Crippen LogP contribution >= 0.6 is 15.6 Å². The van der Waals surface area contributed by atoms with Gasteiger partial charge in [0, 0.05) is 19.3 Å². The number of carbonyl (C=O) groups excluding carboxylic acids is 4. The fourth-order valence-corrected chi connectivity index (χ4v) is 10.7. The Labute approximate surface area is 627 Å². The second kappa shape index (κ2) is 74.9.